The molecule has 150 valence electrons. The molecule has 1 heterocycles. The van der Waals surface area contributed by atoms with Gasteiger partial charge in [0.25, 0.3) is 0 Å². The molecule has 0 unspecified atom stereocenters. The smallest absolute Gasteiger partial charge is 0.161 e. The molecule has 3 rings (SSSR count). The fourth-order valence-electron chi connectivity index (χ4n) is 3.62. The van der Waals surface area contributed by atoms with Gasteiger partial charge >= 0.3 is 0 Å². The van der Waals surface area contributed by atoms with Crippen LogP contribution in [-0.4, -0.2) is 27.4 Å². The van der Waals surface area contributed by atoms with Gasteiger partial charge < -0.3 is 23.4 Å². The third-order valence-corrected chi connectivity index (χ3v) is 4.81. The summed E-state index contributed by atoms with van der Waals surface area (Å²) in [6.45, 7) is 9.01. The molecule has 1 aliphatic rings. The van der Waals surface area contributed by atoms with Crippen molar-refractivity contribution in [1.29, 1.82) is 0 Å². The number of rotatable bonds is 7. The van der Waals surface area contributed by atoms with Gasteiger partial charge in [0.2, 0.25) is 0 Å². The van der Waals surface area contributed by atoms with E-state index in [1.165, 1.54) is 0 Å². The lowest BCUT2D eigenvalue weighted by molar-refractivity contribution is 0.293. The van der Waals surface area contributed by atoms with Crippen molar-refractivity contribution >= 4 is 11.5 Å². The predicted octanol–water partition coefficient (Wildman–Crippen LogP) is 5.47. The Balaban J connectivity index is 2.18. The number of hydrogen-bond acceptors (Lipinski definition) is 5. The second-order valence-electron chi connectivity index (χ2n) is 6.53. The van der Waals surface area contributed by atoms with Crippen molar-refractivity contribution in [2.45, 2.75) is 33.6 Å². The molecular weight excluding hydrogens is 356 g/mol. The first-order chi connectivity index (χ1) is 13.5. The van der Waals surface area contributed by atoms with E-state index in [0.29, 0.717) is 24.7 Å². The Morgan fingerprint density at radius 2 is 1.36 bits per heavy atom. The summed E-state index contributed by atoms with van der Waals surface area (Å²) in [7, 11) is 3.27. The number of hydrogen-bond donors (Lipinski definition) is 0. The Labute approximate surface area is 166 Å². The third kappa shape index (κ3) is 3.61. The van der Waals surface area contributed by atoms with Crippen LogP contribution in [0.15, 0.2) is 34.8 Å². The Morgan fingerprint density at radius 1 is 0.821 bits per heavy atom. The number of methoxy groups -OCH3 is 2. The maximum Gasteiger partial charge on any atom is 0.161 e. The van der Waals surface area contributed by atoms with E-state index in [9.17, 15) is 0 Å². The van der Waals surface area contributed by atoms with Gasteiger partial charge in [-0.15, -0.1) is 0 Å². The number of benzene rings is 1. The lowest BCUT2D eigenvalue weighted by atomic mass is 9.97. The second kappa shape index (κ2) is 8.46. The summed E-state index contributed by atoms with van der Waals surface area (Å²) < 4.78 is 28.8. The Bertz CT molecular complexity index is 859. The molecule has 5 nitrogen and oxygen atoms in total. The molecule has 2 aromatic rings. The van der Waals surface area contributed by atoms with Crippen molar-refractivity contribution in [3.63, 3.8) is 0 Å². The topological polar surface area (TPSA) is 50.1 Å². The molecule has 1 aromatic heterocycles. The van der Waals surface area contributed by atoms with E-state index >= 15 is 0 Å². The van der Waals surface area contributed by atoms with Gasteiger partial charge in [-0.3, -0.25) is 0 Å². The first-order valence-corrected chi connectivity index (χ1v) is 9.55. The minimum absolute atomic E-state index is 0.0471. The van der Waals surface area contributed by atoms with Gasteiger partial charge in [-0.25, -0.2) is 0 Å². The molecule has 0 amide bonds. The van der Waals surface area contributed by atoms with E-state index in [0.717, 1.165) is 39.7 Å². The van der Waals surface area contributed by atoms with Crippen molar-refractivity contribution in [3.05, 3.63) is 58.6 Å². The minimum Gasteiger partial charge on any atom is -0.493 e. The van der Waals surface area contributed by atoms with Crippen LogP contribution in [0.1, 0.15) is 48.0 Å². The van der Waals surface area contributed by atoms with Crippen LogP contribution in [0.5, 0.6) is 11.5 Å². The monoisotopic (exact) mass is 384 g/mol. The summed E-state index contributed by atoms with van der Waals surface area (Å²) in [5.41, 5.74) is 2.98. The first-order valence-electron chi connectivity index (χ1n) is 9.55. The average molecular weight is 384 g/mol. The highest BCUT2D eigenvalue weighted by Gasteiger charge is 2.28. The summed E-state index contributed by atoms with van der Waals surface area (Å²) in [6.07, 6.45) is 4.22. The minimum atomic E-state index is -0.0471. The van der Waals surface area contributed by atoms with Gasteiger partial charge in [0.05, 0.1) is 38.6 Å². The fourth-order valence-corrected chi connectivity index (χ4v) is 3.62. The summed E-state index contributed by atoms with van der Waals surface area (Å²) in [4.78, 5) is 0. The summed E-state index contributed by atoms with van der Waals surface area (Å²) >= 11 is 0. The lowest BCUT2D eigenvalue weighted by Gasteiger charge is -2.15. The van der Waals surface area contributed by atoms with E-state index in [2.05, 4.69) is 12.2 Å². The standard InChI is InChI=1S/C23H28O5/c1-7-26-20-12-17(16-9-10-18(24-5)19(11-16)25-6)13-21(27-8-2)23-15(4)28-14(3)22(20)23/h9-13,17H,7-8H2,1-6H3. The SMILES string of the molecule is CCOC1=CC(c2ccc(OC)c(OC)c2)C=C(OCC)c2c(C)oc(C)c21. The number of furan rings is 1. The summed E-state index contributed by atoms with van der Waals surface area (Å²) in [6, 6.07) is 5.94. The zero-order valence-electron chi connectivity index (χ0n) is 17.4. The van der Waals surface area contributed by atoms with Gasteiger partial charge in [0.15, 0.2) is 11.5 Å². The zero-order chi connectivity index (χ0) is 20.3. The van der Waals surface area contributed by atoms with Crippen LogP contribution in [0.3, 0.4) is 0 Å². The average Bonchev–Trinajstić information content (AvgIpc) is 2.88. The Morgan fingerprint density at radius 3 is 1.82 bits per heavy atom. The van der Waals surface area contributed by atoms with E-state index in [-0.39, 0.29) is 5.92 Å². The van der Waals surface area contributed by atoms with Crippen LogP contribution in [0.2, 0.25) is 0 Å². The van der Waals surface area contributed by atoms with Gasteiger partial charge in [-0.1, -0.05) is 6.07 Å². The number of ether oxygens (including phenoxy) is 4. The van der Waals surface area contributed by atoms with E-state index in [1.54, 1.807) is 14.2 Å². The van der Waals surface area contributed by atoms with Crippen LogP contribution in [0.4, 0.5) is 0 Å². The highest BCUT2D eigenvalue weighted by Crippen LogP contribution is 2.42. The van der Waals surface area contributed by atoms with Crippen molar-refractivity contribution < 1.29 is 23.4 Å². The second-order valence-corrected chi connectivity index (χ2v) is 6.53. The van der Waals surface area contributed by atoms with E-state index < -0.39 is 0 Å². The van der Waals surface area contributed by atoms with Crippen molar-refractivity contribution in [1.82, 2.24) is 0 Å². The number of fused-ring (bicyclic) bond motifs is 1. The molecule has 5 heteroatoms. The summed E-state index contributed by atoms with van der Waals surface area (Å²) in [5, 5.41) is 0. The van der Waals surface area contributed by atoms with E-state index in [4.69, 9.17) is 23.4 Å². The van der Waals surface area contributed by atoms with Gasteiger partial charge in [0, 0.05) is 5.92 Å². The maximum atomic E-state index is 6.02. The fraction of sp³-hybridized carbons (Fsp3) is 0.391. The molecule has 0 saturated carbocycles. The zero-order valence-corrected chi connectivity index (χ0v) is 17.4. The molecule has 0 bridgehead atoms. The highest BCUT2D eigenvalue weighted by molar-refractivity contribution is 5.80. The molecular formula is C23H28O5. The quantitative estimate of drug-likeness (QED) is 0.634. The number of allylic oxidation sites excluding steroid dienone is 2. The van der Waals surface area contributed by atoms with Gasteiger partial charge in [-0.05, 0) is 57.5 Å². The molecule has 28 heavy (non-hydrogen) atoms. The number of aryl methyl sites for hydroxylation is 2. The summed E-state index contributed by atoms with van der Waals surface area (Å²) in [5.74, 6) is 4.60. The normalized spacial score (nSPS) is 13.9. The van der Waals surface area contributed by atoms with Crippen molar-refractivity contribution in [2.24, 2.45) is 0 Å². The molecule has 1 aromatic carbocycles. The highest BCUT2D eigenvalue weighted by atomic mass is 16.5. The van der Waals surface area contributed by atoms with Crippen molar-refractivity contribution in [2.75, 3.05) is 27.4 Å². The van der Waals surface area contributed by atoms with Gasteiger partial charge in [-0.2, -0.15) is 0 Å². The predicted molar refractivity (Wildman–Crippen MR) is 110 cm³/mol. The molecule has 0 aliphatic heterocycles. The van der Waals surface area contributed by atoms with E-state index in [1.807, 2.05) is 45.9 Å². The van der Waals surface area contributed by atoms with Crippen LogP contribution < -0.4 is 9.47 Å². The largest absolute Gasteiger partial charge is 0.493 e. The molecule has 1 aliphatic carbocycles. The van der Waals surface area contributed by atoms with Crippen molar-refractivity contribution in [3.8, 4) is 11.5 Å². The molecule has 0 fully saturated rings. The maximum absolute atomic E-state index is 6.02. The molecule has 0 atom stereocenters. The molecule has 0 radical (unpaired) electrons. The molecule has 0 spiro atoms. The lowest BCUT2D eigenvalue weighted by Crippen LogP contribution is -1.98. The molecule has 0 saturated heterocycles. The Kier molecular flexibility index (Phi) is 6.02. The molecule has 0 N–H and O–H groups in total. The van der Waals surface area contributed by atoms with Crippen LogP contribution in [-0.2, 0) is 9.47 Å². The Hall–Kier alpha value is -2.82. The van der Waals surface area contributed by atoms with Gasteiger partial charge in [0.1, 0.15) is 23.0 Å². The van der Waals surface area contributed by atoms with Crippen LogP contribution in [0, 0.1) is 13.8 Å². The van der Waals surface area contributed by atoms with Crippen LogP contribution >= 0.6 is 0 Å². The third-order valence-electron chi connectivity index (χ3n) is 4.81. The first kappa shape index (κ1) is 19.9. The van der Waals surface area contributed by atoms with Crippen LogP contribution in [0.25, 0.3) is 11.5 Å².